The summed E-state index contributed by atoms with van der Waals surface area (Å²) >= 11 is 0. The molecule has 7 heteroatoms. The Hall–Kier alpha value is -3.35. The molecule has 1 unspecified atom stereocenters. The first-order valence-corrected chi connectivity index (χ1v) is 10.8. The van der Waals surface area contributed by atoms with Crippen LogP contribution in [0.3, 0.4) is 0 Å². The van der Waals surface area contributed by atoms with E-state index in [0.29, 0.717) is 30.9 Å². The maximum absolute atomic E-state index is 12.8. The van der Waals surface area contributed by atoms with Crippen LogP contribution in [-0.2, 0) is 9.59 Å². The lowest BCUT2D eigenvalue weighted by molar-refractivity contribution is -0.128. The quantitative estimate of drug-likeness (QED) is 0.636. The minimum atomic E-state index is -0.353. The molecule has 2 aliphatic rings. The first-order chi connectivity index (χ1) is 15.0. The van der Waals surface area contributed by atoms with Crippen LogP contribution in [0.5, 0.6) is 0 Å². The van der Waals surface area contributed by atoms with Crippen molar-refractivity contribution in [1.29, 1.82) is 0 Å². The van der Waals surface area contributed by atoms with Crippen LogP contribution in [0.2, 0.25) is 0 Å². The Kier molecular flexibility index (Phi) is 6.21. The van der Waals surface area contributed by atoms with Gasteiger partial charge in [0.05, 0.1) is 6.04 Å². The summed E-state index contributed by atoms with van der Waals surface area (Å²) in [4.78, 5) is 38.8. The van der Waals surface area contributed by atoms with Gasteiger partial charge in [0, 0.05) is 36.8 Å². The molecule has 1 saturated heterocycles. The molecule has 4 amide bonds. The number of anilines is 2. The second-order valence-corrected chi connectivity index (χ2v) is 8.30. The highest BCUT2D eigenvalue weighted by molar-refractivity contribution is 5.96. The van der Waals surface area contributed by atoms with Gasteiger partial charge in [-0.05, 0) is 49.4 Å². The zero-order valence-electron chi connectivity index (χ0n) is 17.7. The van der Waals surface area contributed by atoms with Gasteiger partial charge in [-0.15, -0.1) is 0 Å². The van der Waals surface area contributed by atoms with E-state index in [0.717, 1.165) is 30.4 Å². The summed E-state index contributed by atoms with van der Waals surface area (Å²) in [5.74, 6) is 0.262. The minimum absolute atomic E-state index is 0.0266. The third kappa shape index (κ3) is 5.42. The third-order valence-electron chi connectivity index (χ3n) is 5.78. The van der Waals surface area contributed by atoms with Gasteiger partial charge in [0.1, 0.15) is 0 Å². The predicted molar refractivity (Wildman–Crippen MR) is 120 cm³/mol. The molecule has 1 aliphatic heterocycles. The lowest BCUT2D eigenvalue weighted by Gasteiger charge is -2.25. The van der Waals surface area contributed by atoms with Crippen molar-refractivity contribution in [2.45, 2.75) is 38.6 Å². The monoisotopic (exact) mass is 420 g/mol. The van der Waals surface area contributed by atoms with E-state index in [-0.39, 0.29) is 29.8 Å². The second-order valence-electron chi connectivity index (χ2n) is 8.30. The minimum Gasteiger partial charge on any atom is -0.340 e. The molecule has 0 radical (unpaired) electrons. The highest BCUT2D eigenvalue weighted by atomic mass is 16.2. The number of aryl methyl sites for hydroxylation is 1. The van der Waals surface area contributed by atoms with Crippen LogP contribution in [-0.4, -0.2) is 35.8 Å². The van der Waals surface area contributed by atoms with Gasteiger partial charge in [-0.25, -0.2) is 4.79 Å². The normalized spacial score (nSPS) is 16.7. The number of likely N-dealkylation sites (tertiary alicyclic amines) is 1. The molecule has 1 saturated carbocycles. The summed E-state index contributed by atoms with van der Waals surface area (Å²) < 4.78 is 0. The Morgan fingerprint density at radius 3 is 2.55 bits per heavy atom. The van der Waals surface area contributed by atoms with Crippen molar-refractivity contribution < 1.29 is 14.4 Å². The molecule has 2 fully saturated rings. The van der Waals surface area contributed by atoms with Crippen molar-refractivity contribution in [2.24, 2.45) is 5.92 Å². The molecule has 1 aliphatic carbocycles. The van der Waals surface area contributed by atoms with Gasteiger partial charge >= 0.3 is 6.03 Å². The Labute approximate surface area is 182 Å². The van der Waals surface area contributed by atoms with E-state index in [9.17, 15) is 14.4 Å². The summed E-state index contributed by atoms with van der Waals surface area (Å²) in [6, 6.07) is 14.5. The average Bonchev–Trinajstić information content (AvgIpc) is 3.54. The second kappa shape index (κ2) is 9.20. The molecule has 0 spiro atoms. The molecule has 3 N–H and O–H groups in total. The topological polar surface area (TPSA) is 90.5 Å². The highest BCUT2D eigenvalue weighted by Gasteiger charge is 2.29. The fourth-order valence-corrected chi connectivity index (χ4v) is 3.78. The number of urea groups is 1. The zero-order chi connectivity index (χ0) is 21.8. The van der Waals surface area contributed by atoms with E-state index in [1.165, 1.54) is 0 Å². The third-order valence-corrected chi connectivity index (χ3v) is 5.78. The van der Waals surface area contributed by atoms with Crippen molar-refractivity contribution in [1.82, 2.24) is 10.2 Å². The molecule has 1 heterocycles. The molecule has 2 aromatic carbocycles. The van der Waals surface area contributed by atoms with Gasteiger partial charge in [0.25, 0.3) is 0 Å². The number of nitrogens with zero attached hydrogens (tertiary/aromatic N) is 1. The van der Waals surface area contributed by atoms with Crippen LogP contribution in [0, 0.1) is 12.8 Å². The van der Waals surface area contributed by atoms with E-state index in [1.54, 1.807) is 11.0 Å². The van der Waals surface area contributed by atoms with E-state index >= 15 is 0 Å². The van der Waals surface area contributed by atoms with Crippen molar-refractivity contribution >= 4 is 29.2 Å². The number of carbonyl (C=O) groups excluding carboxylic acids is 3. The molecule has 0 aromatic heterocycles. The predicted octanol–water partition coefficient (Wildman–Crippen LogP) is 3.83. The lowest BCUT2D eigenvalue weighted by atomic mass is 10.1. The maximum Gasteiger partial charge on any atom is 0.319 e. The standard InChI is InChI=1S/C24H28N4O3/c1-16-9-12-19(25-23(30)18-10-11-18)14-20(16)26-24(31)27-21(17-6-3-2-4-7-17)15-28-13-5-8-22(28)29/h2-4,6-7,9,12,14,18,21H,5,8,10-11,13,15H2,1H3,(H,25,30)(H2,26,27,31). The summed E-state index contributed by atoms with van der Waals surface area (Å²) in [6.45, 7) is 3.06. The summed E-state index contributed by atoms with van der Waals surface area (Å²) in [7, 11) is 0. The number of carbonyl (C=O) groups is 3. The van der Waals surface area contributed by atoms with Crippen molar-refractivity contribution in [3.05, 3.63) is 59.7 Å². The van der Waals surface area contributed by atoms with Gasteiger partial charge in [0.15, 0.2) is 0 Å². The molecule has 2 aromatic rings. The van der Waals surface area contributed by atoms with Crippen LogP contribution in [0.15, 0.2) is 48.5 Å². The summed E-state index contributed by atoms with van der Waals surface area (Å²) in [5, 5.41) is 8.82. The summed E-state index contributed by atoms with van der Waals surface area (Å²) in [5.41, 5.74) is 3.14. The number of amides is 4. The number of benzene rings is 2. The number of hydrogen-bond donors (Lipinski definition) is 3. The maximum atomic E-state index is 12.8. The van der Waals surface area contributed by atoms with Crippen LogP contribution in [0.25, 0.3) is 0 Å². The van der Waals surface area contributed by atoms with Crippen LogP contribution in [0.4, 0.5) is 16.2 Å². The number of hydrogen-bond acceptors (Lipinski definition) is 3. The molecule has 162 valence electrons. The van der Waals surface area contributed by atoms with E-state index < -0.39 is 0 Å². The largest absolute Gasteiger partial charge is 0.340 e. The number of rotatable bonds is 7. The van der Waals surface area contributed by atoms with Gasteiger partial charge in [-0.1, -0.05) is 36.4 Å². The first-order valence-electron chi connectivity index (χ1n) is 10.8. The SMILES string of the molecule is Cc1ccc(NC(=O)C2CC2)cc1NC(=O)NC(CN1CCCC1=O)c1ccccc1. The summed E-state index contributed by atoms with van der Waals surface area (Å²) in [6.07, 6.45) is 3.29. The smallest absolute Gasteiger partial charge is 0.319 e. The van der Waals surface area contributed by atoms with Crippen LogP contribution in [0.1, 0.15) is 42.9 Å². The van der Waals surface area contributed by atoms with E-state index in [2.05, 4.69) is 16.0 Å². The van der Waals surface area contributed by atoms with Crippen molar-refractivity contribution in [3.63, 3.8) is 0 Å². The fraction of sp³-hybridized carbons (Fsp3) is 0.375. The molecule has 7 nitrogen and oxygen atoms in total. The van der Waals surface area contributed by atoms with Gasteiger partial charge in [0.2, 0.25) is 11.8 Å². The van der Waals surface area contributed by atoms with Crippen LogP contribution >= 0.6 is 0 Å². The van der Waals surface area contributed by atoms with E-state index in [1.807, 2.05) is 49.4 Å². The van der Waals surface area contributed by atoms with Gasteiger partial charge in [-0.3, -0.25) is 9.59 Å². The lowest BCUT2D eigenvalue weighted by Crippen LogP contribution is -2.40. The Morgan fingerprint density at radius 1 is 1.10 bits per heavy atom. The van der Waals surface area contributed by atoms with Gasteiger partial charge < -0.3 is 20.9 Å². The molecular formula is C24H28N4O3. The molecular weight excluding hydrogens is 392 g/mol. The molecule has 31 heavy (non-hydrogen) atoms. The average molecular weight is 421 g/mol. The van der Waals surface area contributed by atoms with E-state index in [4.69, 9.17) is 0 Å². The zero-order valence-corrected chi connectivity index (χ0v) is 17.7. The fourth-order valence-electron chi connectivity index (χ4n) is 3.78. The van der Waals surface area contributed by atoms with Gasteiger partial charge in [-0.2, -0.15) is 0 Å². The van der Waals surface area contributed by atoms with Crippen molar-refractivity contribution in [3.8, 4) is 0 Å². The van der Waals surface area contributed by atoms with Crippen LogP contribution < -0.4 is 16.0 Å². The highest BCUT2D eigenvalue weighted by Crippen LogP contribution is 2.31. The first kappa shape index (κ1) is 20.9. The number of nitrogens with one attached hydrogen (secondary N) is 3. The Balaban J connectivity index is 1.44. The molecule has 1 atom stereocenters. The van der Waals surface area contributed by atoms with Crippen molar-refractivity contribution in [2.75, 3.05) is 23.7 Å². The Morgan fingerprint density at radius 2 is 1.87 bits per heavy atom. The molecule has 0 bridgehead atoms. The Bertz CT molecular complexity index is 972. The molecule has 4 rings (SSSR count).